The summed E-state index contributed by atoms with van der Waals surface area (Å²) in [5, 5.41) is 4.33. The number of nitrogens with two attached hydrogens (primary N) is 1. The molecule has 2 aromatic rings. The summed E-state index contributed by atoms with van der Waals surface area (Å²) < 4.78 is 1.35. The average Bonchev–Trinajstić information content (AvgIpc) is 2.32. The molecule has 0 aliphatic heterocycles. The van der Waals surface area contributed by atoms with Crippen LogP contribution in [0.25, 0.3) is 11.3 Å². The Labute approximate surface area is 112 Å². The minimum atomic E-state index is -0.300. The largest absolute Gasteiger partial charge is 0.324 e. The van der Waals surface area contributed by atoms with Crippen LogP contribution in [0.3, 0.4) is 0 Å². The highest BCUT2D eigenvalue weighted by molar-refractivity contribution is 5.64. The van der Waals surface area contributed by atoms with E-state index in [2.05, 4.69) is 18.1 Å². The third-order valence-corrected chi connectivity index (χ3v) is 3.24. The molecule has 0 radical (unpaired) electrons. The van der Waals surface area contributed by atoms with Crippen molar-refractivity contribution in [2.45, 2.75) is 26.8 Å². The molecular weight excluding hydrogens is 238 g/mol. The quantitative estimate of drug-likeness (QED) is 0.896. The zero-order chi connectivity index (χ0) is 14.2. The van der Waals surface area contributed by atoms with Crippen molar-refractivity contribution in [2.75, 3.05) is 0 Å². The van der Waals surface area contributed by atoms with E-state index in [9.17, 15) is 4.79 Å². The van der Waals surface area contributed by atoms with Gasteiger partial charge in [0.25, 0.3) is 5.56 Å². The molecule has 0 amide bonds. The molecule has 19 heavy (non-hydrogen) atoms. The first-order valence-electron chi connectivity index (χ1n) is 6.31. The van der Waals surface area contributed by atoms with Gasteiger partial charge in [0.05, 0.1) is 5.69 Å². The molecule has 0 fully saturated rings. The fourth-order valence-electron chi connectivity index (χ4n) is 2.19. The smallest absolute Gasteiger partial charge is 0.271 e. The zero-order valence-corrected chi connectivity index (χ0v) is 11.8. The van der Waals surface area contributed by atoms with Gasteiger partial charge in [0.2, 0.25) is 0 Å². The minimum absolute atomic E-state index is 0.136. The normalized spacial score (nSPS) is 12.5. The van der Waals surface area contributed by atoms with Gasteiger partial charge in [-0.25, -0.2) is 4.68 Å². The van der Waals surface area contributed by atoms with Crippen LogP contribution in [0, 0.1) is 13.8 Å². The molecule has 0 saturated heterocycles. The molecule has 4 heteroatoms. The van der Waals surface area contributed by atoms with Crippen LogP contribution in [0.2, 0.25) is 0 Å². The monoisotopic (exact) mass is 257 g/mol. The number of hydrogen-bond acceptors (Lipinski definition) is 3. The number of rotatable bonds is 2. The molecule has 2 rings (SSSR count). The highest BCUT2D eigenvalue weighted by Gasteiger charge is 2.12. The topological polar surface area (TPSA) is 60.9 Å². The minimum Gasteiger partial charge on any atom is -0.324 e. The van der Waals surface area contributed by atoms with Gasteiger partial charge in [-0.15, -0.1) is 0 Å². The maximum atomic E-state index is 12.0. The maximum Gasteiger partial charge on any atom is 0.271 e. The van der Waals surface area contributed by atoms with Crippen molar-refractivity contribution in [3.63, 3.8) is 0 Å². The fourth-order valence-corrected chi connectivity index (χ4v) is 2.19. The third kappa shape index (κ3) is 2.58. The average molecular weight is 257 g/mol. The summed E-state index contributed by atoms with van der Waals surface area (Å²) in [5.41, 5.74) is 10.5. The maximum absolute atomic E-state index is 12.0. The third-order valence-electron chi connectivity index (χ3n) is 3.24. The van der Waals surface area contributed by atoms with Gasteiger partial charge >= 0.3 is 0 Å². The second-order valence-corrected chi connectivity index (χ2v) is 5.02. The lowest BCUT2D eigenvalue weighted by atomic mass is 10.0. The van der Waals surface area contributed by atoms with Crippen LogP contribution >= 0.6 is 0 Å². The lowest BCUT2D eigenvalue weighted by Gasteiger charge is -2.11. The highest BCUT2D eigenvalue weighted by atomic mass is 16.1. The van der Waals surface area contributed by atoms with Gasteiger partial charge in [-0.2, -0.15) is 5.10 Å². The number of benzene rings is 1. The van der Waals surface area contributed by atoms with E-state index in [-0.39, 0.29) is 11.6 Å². The Balaban J connectivity index is 2.66. The van der Waals surface area contributed by atoms with Crippen LogP contribution in [0.5, 0.6) is 0 Å². The Morgan fingerprint density at radius 3 is 2.53 bits per heavy atom. The van der Waals surface area contributed by atoms with Crippen LogP contribution in [0.15, 0.2) is 29.1 Å². The molecule has 1 atom stereocenters. The number of aryl methyl sites for hydroxylation is 3. The van der Waals surface area contributed by atoms with Gasteiger partial charge in [-0.05, 0) is 32.4 Å². The molecule has 0 aliphatic rings. The molecule has 1 heterocycles. The second-order valence-electron chi connectivity index (χ2n) is 5.02. The molecule has 1 aromatic heterocycles. The molecular formula is C15H19N3O. The van der Waals surface area contributed by atoms with Crippen molar-refractivity contribution in [1.29, 1.82) is 0 Å². The van der Waals surface area contributed by atoms with E-state index in [1.165, 1.54) is 10.2 Å². The summed E-state index contributed by atoms with van der Waals surface area (Å²) in [6.07, 6.45) is 0. The van der Waals surface area contributed by atoms with Crippen molar-refractivity contribution in [2.24, 2.45) is 12.8 Å². The van der Waals surface area contributed by atoms with E-state index in [0.29, 0.717) is 5.56 Å². The van der Waals surface area contributed by atoms with Gasteiger partial charge in [0.1, 0.15) is 0 Å². The molecule has 100 valence electrons. The molecule has 0 saturated carbocycles. The summed E-state index contributed by atoms with van der Waals surface area (Å²) in [5.74, 6) is 0. The summed E-state index contributed by atoms with van der Waals surface area (Å²) >= 11 is 0. The first kappa shape index (κ1) is 13.5. The van der Waals surface area contributed by atoms with Gasteiger partial charge in [-0.3, -0.25) is 4.79 Å². The summed E-state index contributed by atoms with van der Waals surface area (Å²) in [4.78, 5) is 12.0. The number of hydrogen-bond donors (Lipinski definition) is 1. The molecule has 0 aliphatic carbocycles. The molecule has 1 aromatic carbocycles. The Morgan fingerprint density at radius 1 is 1.26 bits per heavy atom. The van der Waals surface area contributed by atoms with Crippen LogP contribution < -0.4 is 11.3 Å². The molecule has 0 bridgehead atoms. The number of aromatic nitrogens is 2. The van der Waals surface area contributed by atoms with E-state index < -0.39 is 0 Å². The lowest BCUT2D eigenvalue weighted by Crippen LogP contribution is -2.27. The standard InChI is InChI=1S/C15H19N3O/c1-9-5-6-12(10(2)7-9)14-8-13(11(3)16)15(19)18(4)17-14/h5-8,11H,16H2,1-4H3. The molecule has 2 N–H and O–H groups in total. The predicted molar refractivity (Wildman–Crippen MR) is 77.0 cm³/mol. The van der Waals surface area contributed by atoms with Gasteiger partial charge in [0.15, 0.2) is 0 Å². The van der Waals surface area contributed by atoms with Crippen LogP contribution in [-0.4, -0.2) is 9.78 Å². The van der Waals surface area contributed by atoms with Gasteiger partial charge in [-0.1, -0.05) is 23.8 Å². The second kappa shape index (κ2) is 4.97. The first-order valence-corrected chi connectivity index (χ1v) is 6.31. The van der Waals surface area contributed by atoms with Crippen LogP contribution in [0.4, 0.5) is 0 Å². The highest BCUT2D eigenvalue weighted by Crippen LogP contribution is 2.23. The van der Waals surface area contributed by atoms with E-state index in [4.69, 9.17) is 5.73 Å². The fraction of sp³-hybridized carbons (Fsp3) is 0.333. The molecule has 1 unspecified atom stereocenters. The van der Waals surface area contributed by atoms with E-state index in [1.54, 1.807) is 13.1 Å². The Morgan fingerprint density at radius 2 is 1.95 bits per heavy atom. The van der Waals surface area contributed by atoms with Crippen LogP contribution in [-0.2, 0) is 7.05 Å². The van der Waals surface area contributed by atoms with E-state index >= 15 is 0 Å². The summed E-state index contributed by atoms with van der Waals surface area (Å²) in [6, 6.07) is 7.67. The van der Waals surface area contributed by atoms with Gasteiger partial charge in [0, 0.05) is 24.2 Å². The lowest BCUT2D eigenvalue weighted by molar-refractivity contribution is 0.675. The Hall–Kier alpha value is -1.94. The molecule has 4 nitrogen and oxygen atoms in total. The Kier molecular flexibility index (Phi) is 3.53. The summed E-state index contributed by atoms with van der Waals surface area (Å²) in [6.45, 7) is 5.90. The number of nitrogens with zero attached hydrogens (tertiary/aromatic N) is 2. The van der Waals surface area contributed by atoms with E-state index in [0.717, 1.165) is 16.8 Å². The summed E-state index contributed by atoms with van der Waals surface area (Å²) in [7, 11) is 1.65. The van der Waals surface area contributed by atoms with Crippen molar-refractivity contribution in [1.82, 2.24) is 9.78 Å². The molecule has 0 spiro atoms. The van der Waals surface area contributed by atoms with Gasteiger partial charge < -0.3 is 5.73 Å². The van der Waals surface area contributed by atoms with E-state index in [1.807, 2.05) is 26.0 Å². The first-order chi connectivity index (χ1) is 8.90. The van der Waals surface area contributed by atoms with Crippen molar-refractivity contribution in [3.8, 4) is 11.3 Å². The van der Waals surface area contributed by atoms with Crippen molar-refractivity contribution >= 4 is 0 Å². The van der Waals surface area contributed by atoms with Crippen molar-refractivity contribution in [3.05, 3.63) is 51.3 Å². The SMILES string of the molecule is Cc1ccc(-c2cc(C(C)N)c(=O)n(C)n2)c(C)c1. The van der Waals surface area contributed by atoms with Crippen molar-refractivity contribution < 1.29 is 0 Å². The van der Waals surface area contributed by atoms with Crippen LogP contribution in [0.1, 0.15) is 29.7 Å². The predicted octanol–water partition coefficient (Wildman–Crippen LogP) is 2.08. The zero-order valence-electron chi connectivity index (χ0n) is 11.8. The Bertz CT molecular complexity index is 672.